The van der Waals surface area contributed by atoms with Crippen LogP contribution in [0.2, 0.25) is 0 Å². The minimum absolute atomic E-state index is 0.0554. The summed E-state index contributed by atoms with van der Waals surface area (Å²) in [6, 6.07) is 13.5. The average Bonchev–Trinajstić information content (AvgIpc) is 2.66. The van der Waals surface area contributed by atoms with Crippen LogP contribution in [0.4, 0.5) is 16.0 Å². The number of nitrogens with zero attached hydrogens (tertiary/aromatic N) is 4. The van der Waals surface area contributed by atoms with Gasteiger partial charge in [0.2, 0.25) is 0 Å². The summed E-state index contributed by atoms with van der Waals surface area (Å²) in [6.45, 7) is 0.833. The molecule has 26 heavy (non-hydrogen) atoms. The number of halogens is 1. The number of rotatable bonds is 3. The fourth-order valence-electron chi connectivity index (χ4n) is 2.90. The number of amides is 1. The van der Waals surface area contributed by atoms with Crippen molar-refractivity contribution in [2.75, 3.05) is 36.5 Å². The van der Waals surface area contributed by atoms with E-state index in [2.05, 4.69) is 9.97 Å². The molecule has 0 N–H and O–H groups in total. The Kier molecular flexibility index (Phi) is 4.12. The van der Waals surface area contributed by atoms with Gasteiger partial charge in [-0.1, -0.05) is 24.3 Å². The van der Waals surface area contributed by atoms with E-state index in [1.54, 1.807) is 17.0 Å². The summed E-state index contributed by atoms with van der Waals surface area (Å²) in [5.74, 6) is 0.422. The summed E-state index contributed by atoms with van der Waals surface area (Å²) in [4.78, 5) is 25.4. The molecular formula is C19H17FN4O2. The highest BCUT2D eigenvalue weighted by Gasteiger charge is 2.28. The van der Waals surface area contributed by atoms with Crippen LogP contribution in [0.25, 0.3) is 11.0 Å². The summed E-state index contributed by atoms with van der Waals surface area (Å²) >= 11 is 0. The average molecular weight is 352 g/mol. The first-order valence-electron chi connectivity index (χ1n) is 8.29. The molecule has 1 aliphatic rings. The van der Waals surface area contributed by atoms with Gasteiger partial charge in [0.1, 0.15) is 0 Å². The molecule has 0 atom stereocenters. The van der Waals surface area contributed by atoms with E-state index in [-0.39, 0.29) is 18.3 Å². The van der Waals surface area contributed by atoms with Crippen molar-refractivity contribution in [3.63, 3.8) is 0 Å². The zero-order valence-corrected chi connectivity index (χ0v) is 14.2. The van der Waals surface area contributed by atoms with E-state index in [1.807, 2.05) is 36.2 Å². The van der Waals surface area contributed by atoms with Crippen LogP contribution in [-0.4, -0.2) is 42.6 Å². The van der Waals surface area contributed by atoms with Gasteiger partial charge >= 0.3 is 0 Å². The molecule has 2 heterocycles. The number of aromatic nitrogens is 2. The largest absolute Gasteiger partial charge is 0.481 e. The highest BCUT2D eigenvalue weighted by atomic mass is 19.1. The predicted molar refractivity (Wildman–Crippen MR) is 97.1 cm³/mol. The van der Waals surface area contributed by atoms with Crippen molar-refractivity contribution >= 4 is 28.6 Å². The lowest BCUT2D eigenvalue weighted by molar-refractivity contribution is -0.120. The SMILES string of the molecule is CN1CCN(C(=O)COc2ccccc2F)c2nc3ccccc3nc21. The topological polar surface area (TPSA) is 58.6 Å². The molecule has 0 bridgehead atoms. The van der Waals surface area contributed by atoms with Crippen molar-refractivity contribution in [2.24, 2.45) is 0 Å². The molecule has 0 aliphatic carbocycles. The van der Waals surface area contributed by atoms with E-state index in [0.29, 0.717) is 24.7 Å². The summed E-state index contributed by atoms with van der Waals surface area (Å²) in [6.07, 6.45) is 0. The summed E-state index contributed by atoms with van der Waals surface area (Å²) < 4.78 is 19.0. The van der Waals surface area contributed by atoms with E-state index in [4.69, 9.17) is 4.74 Å². The lowest BCUT2D eigenvalue weighted by Crippen LogP contribution is -2.45. The van der Waals surface area contributed by atoms with Crippen LogP contribution in [0.1, 0.15) is 0 Å². The number of hydrogen-bond donors (Lipinski definition) is 0. The lowest BCUT2D eigenvalue weighted by atomic mass is 10.2. The molecule has 2 aromatic carbocycles. The second kappa shape index (κ2) is 6.59. The zero-order valence-electron chi connectivity index (χ0n) is 14.2. The minimum atomic E-state index is -0.495. The van der Waals surface area contributed by atoms with Crippen molar-refractivity contribution in [1.82, 2.24) is 9.97 Å². The first kappa shape index (κ1) is 16.3. The molecule has 0 unspecified atom stereocenters. The first-order chi connectivity index (χ1) is 12.6. The van der Waals surface area contributed by atoms with Crippen LogP contribution in [-0.2, 0) is 4.79 Å². The van der Waals surface area contributed by atoms with Crippen molar-refractivity contribution in [1.29, 1.82) is 0 Å². The summed E-state index contributed by atoms with van der Waals surface area (Å²) in [5, 5.41) is 0. The Balaban J connectivity index is 1.61. The molecule has 1 amide bonds. The highest BCUT2D eigenvalue weighted by molar-refractivity contribution is 5.98. The smallest absolute Gasteiger partial charge is 0.266 e. The fourth-order valence-corrected chi connectivity index (χ4v) is 2.90. The maximum atomic E-state index is 13.7. The molecule has 1 aliphatic heterocycles. The zero-order chi connectivity index (χ0) is 18.1. The monoisotopic (exact) mass is 352 g/mol. The third kappa shape index (κ3) is 2.92. The van der Waals surface area contributed by atoms with Crippen molar-refractivity contribution in [2.45, 2.75) is 0 Å². The molecule has 0 radical (unpaired) electrons. The van der Waals surface area contributed by atoms with E-state index >= 15 is 0 Å². The van der Waals surface area contributed by atoms with Crippen molar-refractivity contribution < 1.29 is 13.9 Å². The third-order valence-corrected chi connectivity index (χ3v) is 4.30. The van der Waals surface area contributed by atoms with Crippen LogP contribution in [0, 0.1) is 5.82 Å². The Bertz CT molecular complexity index is 979. The Morgan fingerprint density at radius 3 is 2.42 bits per heavy atom. The Hall–Kier alpha value is -3.22. The van der Waals surface area contributed by atoms with Gasteiger partial charge in [-0.15, -0.1) is 0 Å². The number of carbonyl (C=O) groups is 1. The molecule has 1 aromatic heterocycles. The van der Waals surface area contributed by atoms with Gasteiger partial charge < -0.3 is 9.64 Å². The quantitative estimate of drug-likeness (QED) is 0.725. The number of carbonyl (C=O) groups excluding carboxylic acids is 1. The Morgan fingerprint density at radius 2 is 1.69 bits per heavy atom. The van der Waals surface area contributed by atoms with Gasteiger partial charge in [0.25, 0.3) is 5.91 Å². The number of fused-ring (bicyclic) bond motifs is 2. The normalized spacial score (nSPS) is 13.6. The van der Waals surface area contributed by atoms with E-state index < -0.39 is 5.82 Å². The molecule has 7 heteroatoms. The molecule has 0 saturated carbocycles. The number of anilines is 2. The Morgan fingerprint density at radius 1 is 1.04 bits per heavy atom. The lowest BCUT2D eigenvalue weighted by Gasteiger charge is -2.33. The first-order valence-corrected chi connectivity index (χ1v) is 8.29. The molecule has 4 rings (SSSR count). The third-order valence-electron chi connectivity index (χ3n) is 4.30. The van der Waals surface area contributed by atoms with Gasteiger partial charge in [-0.3, -0.25) is 9.69 Å². The van der Waals surface area contributed by atoms with E-state index in [1.165, 1.54) is 12.1 Å². The molecule has 0 fully saturated rings. The highest BCUT2D eigenvalue weighted by Crippen LogP contribution is 2.30. The number of likely N-dealkylation sites (N-methyl/N-ethyl adjacent to an activating group) is 1. The Labute approximate surface area is 149 Å². The van der Waals surface area contributed by atoms with Gasteiger partial charge in [-0.05, 0) is 24.3 Å². The maximum Gasteiger partial charge on any atom is 0.266 e. The van der Waals surface area contributed by atoms with Crippen LogP contribution in [0.5, 0.6) is 5.75 Å². The van der Waals surface area contributed by atoms with Gasteiger partial charge in [-0.25, -0.2) is 14.4 Å². The van der Waals surface area contributed by atoms with Gasteiger partial charge in [0, 0.05) is 20.1 Å². The van der Waals surface area contributed by atoms with E-state index in [0.717, 1.165) is 11.0 Å². The van der Waals surface area contributed by atoms with Crippen LogP contribution in [0.15, 0.2) is 48.5 Å². The minimum Gasteiger partial charge on any atom is -0.481 e. The van der Waals surface area contributed by atoms with Gasteiger partial charge in [-0.2, -0.15) is 0 Å². The molecule has 0 spiro atoms. The fraction of sp³-hybridized carbons (Fsp3) is 0.211. The molecule has 6 nitrogen and oxygen atoms in total. The summed E-state index contributed by atoms with van der Waals surface area (Å²) in [7, 11) is 1.92. The molecule has 132 valence electrons. The molecule has 0 saturated heterocycles. The number of ether oxygens (including phenoxy) is 1. The maximum absolute atomic E-state index is 13.7. The standard InChI is InChI=1S/C19H17FN4O2/c1-23-10-11-24(17(25)12-26-16-9-5-2-6-13(16)20)19-18(23)21-14-7-3-4-8-15(14)22-19/h2-9H,10-12H2,1H3. The second-order valence-corrected chi connectivity index (χ2v) is 6.05. The van der Waals surface area contributed by atoms with Crippen molar-refractivity contribution in [3.8, 4) is 5.75 Å². The summed E-state index contributed by atoms with van der Waals surface area (Å²) in [5.41, 5.74) is 1.49. The molecular weight excluding hydrogens is 335 g/mol. The van der Waals surface area contributed by atoms with Crippen molar-refractivity contribution in [3.05, 3.63) is 54.3 Å². The number of hydrogen-bond acceptors (Lipinski definition) is 5. The van der Waals surface area contributed by atoms with E-state index in [9.17, 15) is 9.18 Å². The molecule has 3 aromatic rings. The van der Waals surface area contributed by atoms with Gasteiger partial charge in [0.05, 0.1) is 11.0 Å². The van der Waals surface area contributed by atoms with Crippen LogP contribution >= 0.6 is 0 Å². The number of benzene rings is 2. The van der Waals surface area contributed by atoms with Gasteiger partial charge in [0.15, 0.2) is 29.8 Å². The number of para-hydroxylation sites is 3. The van der Waals surface area contributed by atoms with Crippen LogP contribution in [0.3, 0.4) is 0 Å². The predicted octanol–water partition coefficient (Wildman–Crippen LogP) is 2.63. The van der Waals surface area contributed by atoms with Crippen LogP contribution < -0.4 is 14.5 Å². The second-order valence-electron chi connectivity index (χ2n) is 6.05.